The zero-order valence-electron chi connectivity index (χ0n) is 19.4. The Balaban J connectivity index is 1.38. The Morgan fingerprint density at radius 2 is 1.94 bits per heavy atom. The smallest absolute Gasteiger partial charge is 0.352 e. The molecule has 2 N–H and O–H groups in total. The first-order valence-electron chi connectivity index (χ1n) is 10.9. The number of thioether (sulfide) groups is 2. The van der Waals surface area contributed by atoms with Gasteiger partial charge in [-0.15, -0.1) is 23.5 Å². The van der Waals surface area contributed by atoms with Crippen molar-refractivity contribution in [3.63, 3.8) is 0 Å². The summed E-state index contributed by atoms with van der Waals surface area (Å²) in [5.41, 5.74) is 0.634. The van der Waals surface area contributed by atoms with E-state index in [0.29, 0.717) is 11.3 Å². The van der Waals surface area contributed by atoms with Crippen LogP contribution < -0.4 is 5.32 Å². The van der Waals surface area contributed by atoms with Crippen molar-refractivity contribution in [3.8, 4) is 0 Å². The van der Waals surface area contributed by atoms with Gasteiger partial charge in [0.2, 0.25) is 5.91 Å². The van der Waals surface area contributed by atoms with Crippen LogP contribution in [0.4, 0.5) is 0 Å². The predicted octanol–water partition coefficient (Wildman–Crippen LogP) is 2.93. The fraction of sp³-hybridized carbons (Fsp3) is 0.320. The Morgan fingerprint density at radius 3 is 2.65 bits per heavy atom. The van der Waals surface area contributed by atoms with E-state index in [4.69, 9.17) is 0 Å². The molecule has 2 amide bonds. The van der Waals surface area contributed by atoms with E-state index in [-0.39, 0.29) is 23.3 Å². The zero-order valence-corrected chi connectivity index (χ0v) is 21.0. The molecule has 2 aliphatic heterocycles. The van der Waals surface area contributed by atoms with E-state index in [9.17, 15) is 19.5 Å². The molecule has 0 aliphatic carbocycles. The molecule has 0 bridgehead atoms. The number of rotatable bonds is 8. The average molecular weight is 499 g/mol. The molecule has 178 valence electrons. The molecular formula is C25H28N3O4S2+. The van der Waals surface area contributed by atoms with Gasteiger partial charge in [-0.25, -0.2) is 4.79 Å². The summed E-state index contributed by atoms with van der Waals surface area (Å²) in [6.45, 7) is 0.742. The van der Waals surface area contributed by atoms with Crippen LogP contribution in [0.15, 0.2) is 70.8 Å². The molecule has 0 radical (unpaired) electrons. The number of carbonyl (C=O) groups excluding carboxylic acids is 2. The number of fused-ring (bicyclic) bond motifs is 2. The molecule has 1 saturated heterocycles. The van der Waals surface area contributed by atoms with Gasteiger partial charge in [0.05, 0.1) is 33.4 Å². The lowest BCUT2D eigenvalue weighted by Gasteiger charge is -2.49. The van der Waals surface area contributed by atoms with Crippen molar-refractivity contribution in [2.75, 3.05) is 39.2 Å². The number of aliphatic carboxylic acids is 1. The van der Waals surface area contributed by atoms with Crippen LogP contribution in [0.5, 0.6) is 0 Å². The maximum absolute atomic E-state index is 12.8. The second-order valence-electron chi connectivity index (χ2n) is 9.31. The van der Waals surface area contributed by atoms with Crippen LogP contribution in [0.3, 0.4) is 0 Å². The minimum absolute atomic E-state index is 0.0162. The zero-order chi connectivity index (χ0) is 24.5. The number of nitrogens with one attached hydrogen (secondary N) is 1. The minimum Gasteiger partial charge on any atom is -0.477 e. The molecule has 2 aromatic carbocycles. The third kappa shape index (κ3) is 5.32. The summed E-state index contributed by atoms with van der Waals surface area (Å²) in [6, 6.07) is 13.4. The fourth-order valence-corrected chi connectivity index (χ4v) is 5.98. The number of quaternary nitrogens is 1. The molecule has 34 heavy (non-hydrogen) atoms. The molecule has 0 spiro atoms. The number of carboxylic acid groups (broad SMARTS) is 1. The highest BCUT2D eigenvalue weighted by molar-refractivity contribution is 8.00. The van der Waals surface area contributed by atoms with Gasteiger partial charge >= 0.3 is 5.97 Å². The van der Waals surface area contributed by atoms with Crippen molar-refractivity contribution < 1.29 is 24.0 Å². The third-order valence-corrected chi connectivity index (χ3v) is 7.88. The molecule has 7 nitrogen and oxygen atoms in total. The monoisotopic (exact) mass is 498 g/mol. The molecule has 1 fully saturated rings. The second-order valence-corrected chi connectivity index (χ2v) is 11.5. The lowest BCUT2D eigenvalue weighted by atomic mass is 10.0. The molecule has 0 saturated carbocycles. The maximum Gasteiger partial charge on any atom is 0.352 e. The number of β-lactam (4-membered cyclic amide) rings is 1. The number of carbonyl (C=O) groups is 3. The lowest BCUT2D eigenvalue weighted by Crippen LogP contribution is -2.70. The number of benzene rings is 2. The molecule has 0 unspecified atom stereocenters. The first-order valence-corrected chi connectivity index (χ1v) is 13.0. The Hall–Kier alpha value is -2.75. The lowest BCUT2D eigenvalue weighted by molar-refractivity contribution is -0.864. The van der Waals surface area contributed by atoms with E-state index in [1.165, 1.54) is 28.4 Å². The molecular weight excluding hydrogens is 470 g/mol. The molecule has 4 rings (SSSR count). The highest BCUT2D eigenvalue weighted by Crippen LogP contribution is 2.40. The molecule has 2 heterocycles. The Morgan fingerprint density at radius 1 is 1.21 bits per heavy atom. The number of hydrogen-bond donors (Lipinski definition) is 2. The van der Waals surface area contributed by atoms with E-state index in [1.54, 1.807) is 6.08 Å². The van der Waals surface area contributed by atoms with Gasteiger partial charge in [-0.2, -0.15) is 0 Å². The van der Waals surface area contributed by atoms with Crippen molar-refractivity contribution in [1.29, 1.82) is 0 Å². The number of amides is 2. The Bertz CT molecular complexity index is 1200. The van der Waals surface area contributed by atoms with Crippen molar-refractivity contribution in [2.24, 2.45) is 0 Å². The van der Waals surface area contributed by atoms with Gasteiger partial charge in [-0.1, -0.05) is 36.4 Å². The molecule has 2 aliphatic rings. The standard InChI is InChI=1S/C25H27N3O4S2/c1-28(2,3)12-6-9-18-14-34-24-21(23(30)27(24)22(18)25(31)32)26-20(29)15-33-19-11-10-16-7-4-5-8-17(16)13-19/h4-11,13,21,24H,12,14-15H2,1-3H3,(H-,26,29,31,32)/p+1/b9-6+/t21-,24-/m1/s1. The minimum atomic E-state index is -1.12. The summed E-state index contributed by atoms with van der Waals surface area (Å²) in [7, 11) is 6.15. The largest absolute Gasteiger partial charge is 0.477 e. The van der Waals surface area contributed by atoms with Crippen LogP contribution in [-0.4, -0.2) is 82.9 Å². The summed E-state index contributed by atoms with van der Waals surface area (Å²) < 4.78 is 0.718. The van der Waals surface area contributed by atoms with E-state index in [2.05, 4.69) is 5.32 Å². The van der Waals surface area contributed by atoms with Gasteiger partial charge in [0.1, 0.15) is 17.1 Å². The number of nitrogens with zero attached hydrogens (tertiary/aromatic N) is 2. The summed E-state index contributed by atoms with van der Waals surface area (Å²) in [5, 5.41) is 14.4. The van der Waals surface area contributed by atoms with Gasteiger partial charge in [0.15, 0.2) is 0 Å². The number of likely N-dealkylation sites (N-methyl/N-ethyl adjacent to an activating group) is 1. The highest BCUT2D eigenvalue weighted by Gasteiger charge is 2.53. The average Bonchev–Trinajstić information content (AvgIpc) is 2.79. The van der Waals surface area contributed by atoms with Crippen LogP contribution in [0.1, 0.15) is 0 Å². The van der Waals surface area contributed by atoms with Crippen molar-refractivity contribution in [2.45, 2.75) is 16.3 Å². The summed E-state index contributed by atoms with van der Waals surface area (Å²) >= 11 is 2.89. The maximum atomic E-state index is 12.8. The van der Waals surface area contributed by atoms with Crippen LogP contribution in [-0.2, 0) is 14.4 Å². The first-order chi connectivity index (χ1) is 16.1. The second kappa shape index (κ2) is 9.85. The van der Waals surface area contributed by atoms with Crippen LogP contribution >= 0.6 is 23.5 Å². The molecule has 2 aromatic rings. The van der Waals surface area contributed by atoms with Crippen molar-refractivity contribution in [3.05, 3.63) is 65.9 Å². The van der Waals surface area contributed by atoms with E-state index in [0.717, 1.165) is 26.7 Å². The molecule has 9 heteroatoms. The van der Waals surface area contributed by atoms with Gasteiger partial charge in [0.25, 0.3) is 5.91 Å². The van der Waals surface area contributed by atoms with Gasteiger partial charge in [-0.05, 0) is 34.6 Å². The quantitative estimate of drug-likeness (QED) is 0.331. The van der Waals surface area contributed by atoms with E-state index >= 15 is 0 Å². The number of allylic oxidation sites excluding steroid dienone is 1. The van der Waals surface area contributed by atoms with Gasteiger partial charge in [-0.3, -0.25) is 14.5 Å². The van der Waals surface area contributed by atoms with Crippen LogP contribution in [0.2, 0.25) is 0 Å². The third-order valence-electron chi connectivity index (χ3n) is 5.58. The number of hydrogen-bond acceptors (Lipinski definition) is 5. The van der Waals surface area contributed by atoms with E-state index in [1.807, 2.05) is 69.7 Å². The van der Waals surface area contributed by atoms with Crippen LogP contribution in [0.25, 0.3) is 10.8 Å². The summed E-state index contributed by atoms with van der Waals surface area (Å²) in [4.78, 5) is 39.6. The molecule has 0 aromatic heterocycles. The topological polar surface area (TPSA) is 86.7 Å². The van der Waals surface area contributed by atoms with Crippen LogP contribution in [0, 0.1) is 0 Å². The predicted molar refractivity (Wildman–Crippen MR) is 136 cm³/mol. The van der Waals surface area contributed by atoms with E-state index < -0.39 is 17.4 Å². The van der Waals surface area contributed by atoms with Crippen molar-refractivity contribution >= 4 is 52.1 Å². The Kier molecular flexibility index (Phi) is 7.06. The normalized spacial score (nSPS) is 20.4. The highest BCUT2D eigenvalue weighted by atomic mass is 32.2. The summed E-state index contributed by atoms with van der Waals surface area (Å²) in [5.74, 6) is -1.09. The van der Waals surface area contributed by atoms with Gasteiger partial charge in [0, 0.05) is 10.6 Å². The fourth-order valence-electron chi connectivity index (χ4n) is 3.90. The number of carboxylic acids is 1. The summed E-state index contributed by atoms with van der Waals surface area (Å²) in [6.07, 6.45) is 3.74. The van der Waals surface area contributed by atoms with Gasteiger partial charge < -0.3 is 14.9 Å². The van der Waals surface area contributed by atoms with Crippen molar-refractivity contribution in [1.82, 2.24) is 10.2 Å². The molecule has 2 atom stereocenters. The SMILES string of the molecule is C[N+](C)(C)C/C=C/C1=C(C(=O)O)N2C(=O)[C@@H](NC(=O)CSc3ccc4ccccc4c3)[C@H]2SC1. The first kappa shape index (κ1) is 24.4. The Labute approximate surface area is 207 Å².